The first kappa shape index (κ1) is 25.0. The fourth-order valence-corrected chi connectivity index (χ4v) is 6.16. The fraction of sp³-hybridized carbons (Fsp3) is 0.348. The number of thioether (sulfide) groups is 1. The maximum atomic E-state index is 15.0. The fourth-order valence-electron chi connectivity index (χ4n) is 4.67. The lowest BCUT2D eigenvalue weighted by atomic mass is 9.86. The molecule has 4 atom stereocenters. The molecular formula is C23H19F4N7O2S. The van der Waals surface area contributed by atoms with E-state index in [0.717, 1.165) is 0 Å². The normalized spacial score (nSPS) is 25.5. The number of fused-ring (bicyclic) bond motifs is 2. The average Bonchev–Trinajstić information content (AvgIpc) is 3.59. The lowest BCUT2D eigenvalue weighted by molar-refractivity contribution is -0.207. The molecule has 1 aliphatic heterocycles. The number of amidine groups is 1. The van der Waals surface area contributed by atoms with Crippen LogP contribution in [0.1, 0.15) is 18.9 Å². The van der Waals surface area contributed by atoms with Crippen LogP contribution in [-0.2, 0) is 5.54 Å². The Morgan fingerprint density at radius 3 is 2.86 bits per heavy atom. The van der Waals surface area contributed by atoms with Crippen molar-refractivity contribution in [2.75, 3.05) is 11.9 Å². The van der Waals surface area contributed by atoms with Crippen molar-refractivity contribution in [3.05, 3.63) is 42.2 Å². The minimum atomic E-state index is -4.87. The number of hydrogen-bond donors (Lipinski definition) is 3. The van der Waals surface area contributed by atoms with Gasteiger partial charge in [-0.3, -0.25) is 4.99 Å². The van der Waals surface area contributed by atoms with E-state index in [4.69, 9.17) is 16.9 Å². The van der Waals surface area contributed by atoms with E-state index in [-0.39, 0.29) is 41.1 Å². The molecule has 1 fully saturated rings. The van der Waals surface area contributed by atoms with Crippen molar-refractivity contribution >= 4 is 39.5 Å². The van der Waals surface area contributed by atoms with Crippen molar-refractivity contribution in [1.82, 2.24) is 19.9 Å². The van der Waals surface area contributed by atoms with Gasteiger partial charge in [0.1, 0.15) is 5.52 Å². The third kappa shape index (κ3) is 4.27. The van der Waals surface area contributed by atoms with E-state index in [9.17, 15) is 18.3 Å². The van der Waals surface area contributed by atoms with Gasteiger partial charge in [-0.2, -0.15) is 17.6 Å². The van der Waals surface area contributed by atoms with Gasteiger partial charge in [0.05, 0.1) is 33.9 Å². The number of halogens is 4. The Morgan fingerprint density at radius 1 is 1.35 bits per heavy atom. The maximum Gasteiger partial charge on any atom is 0.415 e. The molecule has 37 heavy (non-hydrogen) atoms. The number of rotatable bonds is 6. The number of anilines is 2. The molecule has 3 aromatic rings. The summed E-state index contributed by atoms with van der Waals surface area (Å²) in [5.41, 5.74) is 5.41. The number of aromatic nitrogens is 4. The summed E-state index contributed by atoms with van der Waals surface area (Å²) in [5, 5.41) is 12.9. The molecule has 4 heterocycles. The first-order valence-corrected chi connectivity index (χ1v) is 11.7. The summed E-state index contributed by atoms with van der Waals surface area (Å²) < 4.78 is 58.9. The topological polar surface area (TPSA) is 131 Å². The zero-order valence-electron chi connectivity index (χ0n) is 19.1. The summed E-state index contributed by atoms with van der Waals surface area (Å²) in [6, 6.07) is 3.00. The van der Waals surface area contributed by atoms with E-state index in [1.54, 1.807) is 6.07 Å². The summed E-state index contributed by atoms with van der Waals surface area (Å²) in [6.45, 7) is 1.51. The third-order valence-corrected chi connectivity index (χ3v) is 7.78. The first-order chi connectivity index (χ1) is 17.5. The Morgan fingerprint density at radius 2 is 2.14 bits per heavy atom. The van der Waals surface area contributed by atoms with Crippen LogP contribution in [0, 0.1) is 24.2 Å². The number of ether oxygens (including phenoxy) is 1. The average molecular weight is 534 g/mol. The monoisotopic (exact) mass is 533 g/mol. The van der Waals surface area contributed by atoms with Gasteiger partial charge >= 0.3 is 6.18 Å². The van der Waals surface area contributed by atoms with Crippen molar-refractivity contribution in [2.24, 2.45) is 16.6 Å². The number of terminal acetylenes is 1. The van der Waals surface area contributed by atoms with Crippen LogP contribution in [0.25, 0.3) is 11.0 Å². The summed E-state index contributed by atoms with van der Waals surface area (Å²) in [6.07, 6.45) is 1.68. The summed E-state index contributed by atoms with van der Waals surface area (Å²) >= 11 is 0.668. The lowest BCUT2D eigenvalue weighted by Gasteiger charge is -2.36. The van der Waals surface area contributed by atoms with Crippen molar-refractivity contribution in [3.63, 3.8) is 0 Å². The molecule has 192 valence electrons. The second-order valence-corrected chi connectivity index (χ2v) is 10.2. The van der Waals surface area contributed by atoms with Crippen molar-refractivity contribution < 1.29 is 27.4 Å². The lowest BCUT2D eigenvalue weighted by Crippen LogP contribution is -2.47. The molecule has 0 radical (unpaired) electrons. The van der Waals surface area contributed by atoms with Crippen LogP contribution >= 0.6 is 11.8 Å². The molecule has 0 spiro atoms. The number of nitrogens with two attached hydrogens (primary N) is 1. The molecule has 0 bridgehead atoms. The third-order valence-electron chi connectivity index (χ3n) is 6.43. The zero-order chi connectivity index (χ0) is 26.6. The number of pyridine rings is 2. The minimum absolute atomic E-state index is 0.0208. The van der Waals surface area contributed by atoms with E-state index in [1.165, 1.54) is 31.6 Å². The highest BCUT2D eigenvalue weighted by atomic mass is 32.2. The number of alkyl halides is 3. The molecular weight excluding hydrogens is 514 g/mol. The van der Waals surface area contributed by atoms with Crippen LogP contribution in [-0.4, -0.2) is 53.8 Å². The van der Waals surface area contributed by atoms with E-state index >= 15 is 4.39 Å². The second-order valence-electron chi connectivity index (χ2n) is 8.77. The zero-order valence-corrected chi connectivity index (χ0v) is 19.9. The molecule has 0 aromatic carbocycles. The highest BCUT2D eigenvalue weighted by Gasteiger charge is 2.74. The molecule has 1 saturated carbocycles. The van der Waals surface area contributed by atoms with E-state index < -0.39 is 34.4 Å². The molecule has 1 aliphatic carbocycles. The van der Waals surface area contributed by atoms with Crippen LogP contribution in [0.3, 0.4) is 0 Å². The van der Waals surface area contributed by atoms with Crippen LogP contribution in [0.15, 0.2) is 35.7 Å². The minimum Gasteiger partial charge on any atom is -0.463 e. The van der Waals surface area contributed by atoms with Crippen molar-refractivity contribution in [2.45, 2.75) is 35.9 Å². The van der Waals surface area contributed by atoms with Crippen LogP contribution in [0.2, 0.25) is 0 Å². The van der Waals surface area contributed by atoms with Crippen LogP contribution in [0.5, 0.6) is 5.88 Å². The van der Waals surface area contributed by atoms with Crippen molar-refractivity contribution in [1.29, 1.82) is 0 Å². The number of aliphatic hydroxyl groups is 1. The number of aliphatic hydroxyl groups excluding tert-OH is 1. The summed E-state index contributed by atoms with van der Waals surface area (Å²) in [7, 11) is 0. The Kier molecular flexibility index (Phi) is 5.87. The Labute approximate surface area is 212 Å². The molecule has 2 aliphatic rings. The smallest absolute Gasteiger partial charge is 0.415 e. The van der Waals surface area contributed by atoms with Gasteiger partial charge in [-0.15, -0.1) is 6.42 Å². The first-order valence-electron chi connectivity index (χ1n) is 10.9. The second kappa shape index (κ2) is 8.70. The molecule has 0 amide bonds. The molecule has 0 unspecified atom stereocenters. The molecule has 14 heteroatoms. The van der Waals surface area contributed by atoms with Gasteiger partial charge in [-0.1, -0.05) is 17.7 Å². The van der Waals surface area contributed by atoms with E-state index in [0.29, 0.717) is 22.8 Å². The van der Waals surface area contributed by atoms with Gasteiger partial charge in [0.25, 0.3) is 0 Å². The predicted molar refractivity (Wildman–Crippen MR) is 129 cm³/mol. The molecule has 9 nitrogen and oxygen atoms in total. The van der Waals surface area contributed by atoms with E-state index in [2.05, 4.69) is 36.2 Å². The van der Waals surface area contributed by atoms with Crippen LogP contribution in [0.4, 0.5) is 29.1 Å². The Hall–Kier alpha value is -3.70. The molecule has 0 saturated heterocycles. The number of nitrogens with one attached hydrogen (secondary N) is 1. The highest BCUT2D eigenvalue weighted by Crippen LogP contribution is 2.68. The number of hydrogen-bond acceptors (Lipinski definition) is 10. The maximum absolute atomic E-state index is 15.0. The van der Waals surface area contributed by atoms with Crippen molar-refractivity contribution in [3.8, 4) is 18.2 Å². The van der Waals surface area contributed by atoms with Gasteiger partial charge in [0, 0.05) is 17.7 Å². The Bertz CT molecular complexity index is 1460. The van der Waals surface area contributed by atoms with Crippen LogP contribution < -0.4 is 15.8 Å². The molecule has 4 N–H and O–H groups in total. The van der Waals surface area contributed by atoms with Gasteiger partial charge in [0.2, 0.25) is 11.8 Å². The van der Waals surface area contributed by atoms with E-state index in [1.807, 2.05) is 0 Å². The summed E-state index contributed by atoms with van der Waals surface area (Å²) in [5.74, 6) is 1.08. The quantitative estimate of drug-likeness (QED) is 0.248. The van der Waals surface area contributed by atoms with Gasteiger partial charge in [-0.25, -0.2) is 19.9 Å². The predicted octanol–water partition coefficient (Wildman–Crippen LogP) is 3.27. The number of aliphatic imine (C=N–C) groups is 1. The SMILES string of the molecule is C#CCOc1cnc2c(Nc3cnc(F)c([C@@]4(C)N=C(N)S[C@@]5([C@H](O)C(F)(F)F)C[C@H]54)c3)nccc2n1. The Balaban J connectivity index is 1.49. The molecule has 5 rings (SSSR count). The largest absolute Gasteiger partial charge is 0.463 e. The van der Waals surface area contributed by atoms with Gasteiger partial charge < -0.3 is 20.9 Å². The highest BCUT2D eigenvalue weighted by molar-refractivity contribution is 8.15. The van der Waals surface area contributed by atoms with Gasteiger partial charge in [0.15, 0.2) is 23.7 Å². The van der Waals surface area contributed by atoms with Gasteiger partial charge in [-0.05, 0) is 25.5 Å². The number of nitrogens with zero attached hydrogens (tertiary/aromatic N) is 5. The molecule has 3 aromatic heterocycles. The summed E-state index contributed by atoms with van der Waals surface area (Å²) in [4.78, 5) is 21.0. The standard InChI is InChI=1S/C23H19F4N7O2S/c1-3-6-36-15-10-30-16-13(33-15)4-5-29-18(16)32-11-7-12(17(24)31-9-11)21(2)14-8-22(14,37-20(28)34-21)19(35)23(25,26)27/h1,4-5,7,9-10,14,19,35H,6,8H2,2H3,(H2,28,34)(H,29,32)/t14-,19-,21+,22-/m0/s1.